The lowest BCUT2D eigenvalue weighted by atomic mass is 10.1. The molecule has 116 valence electrons. The van der Waals surface area contributed by atoms with E-state index in [1.807, 2.05) is 0 Å². The minimum atomic E-state index is -3.41. The van der Waals surface area contributed by atoms with E-state index in [-0.39, 0.29) is 6.54 Å². The third-order valence-electron chi connectivity index (χ3n) is 3.68. The first-order chi connectivity index (χ1) is 9.91. The molecule has 0 unspecified atom stereocenters. The number of carbonyl (C=O) groups excluding carboxylic acids is 1. The molecule has 0 bridgehead atoms. The van der Waals surface area contributed by atoms with E-state index < -0.39 is 16.1 Å². The number of carbonyl (C=O) groups is 1. The summed E-state index contributed by atoms with van der Waals surface area (Å²) in [6, 6.07) is 6.67. The molecule has 7 heteroatoms. The number of amides is 1. The van der Waals surface area contributed by atoms with Gasteiger partial charge >= 0.3 is 0 Å². The molecule has 1 amide bonds. The summed E-state index contributed by atoms with van der Waals surface area (Å²) < 4.78 is 27.8. The van der Waals surface area contributed by atoms with Gasteiger partial charge in [0.25, 0.3) is 10.2 Å². The number of benzene rings is 1. The number of nitrogens with two attached hydrogens (primary N) is 1. The van der Waals surface area contributed by atoms with Crippen molar-refractivity contribution in [1.82, 2.24) is 8.61 Å². The fraction of sp³-hybridized carbons (Fsp3) is 0.500. The molecule has 1 saturated heterocycles. The van der Waals surface area contributed by atoms with Crippen molar-refractivity contribution in [3.63, 3.8) is 0 Å². The maximum absolute atomic E-state index is 12.4. The molecule has 6 nitrogen and oxygen atoms in total. The van der Waals surface area contributed by atoms with Gasteiger partial charge in [-0.2, -0.15) is 17.0 Å². The third kappa shape index (κ3) is 3.81. The summed E-state index contributed by atoms with van der Waals surface area (Å²) in [6.07, 6.45) is 2.92. The highest BCUT2D eigenvalue weighted by Crippen LogP contribution is 2.17. The van der Waals surface area contributed by atoms with Gasteiger partial charge in [0.2, 0.25) is 5.91 Å². The molecular formula is C14H21N3O3S. The van der Waals surface area contributed by atoms with E-state index in [0.717, 1.165) is 24.8 Å². The van der Waals surface area contributed by atoms with Crippen molar-refractivity contribution >= 4 is 16.1 Å². The molecule has 0 aliphatic carbocycles. The number of rotatable bonds is 5. The fourth-order valence-electron chi connectivity index (χ4n) is 2.41. The number of hydrogen-bond donors (Lipinski definition) is 1. The quantitative estimate of drug-likeness (QED) is 0.878. The van der Waals surface area contributed by atoms with Crippen molar-refractivity contribution in [2.75, 3.05) is 20.1 Å². The van der Waals surface area contributed by atoms with Gasteiger partial charge in [-0.25, -0.2) is 0 Å². The highest BCUT2D eigenvalue weighted by atomic mass is 32.2. The highest BCUT2D eigenvalue weighted by molar-refractivity contribution is 7.86. The van der Waals surface area contributed by atoms with Crippen LogP contribution < -0.4 is 5.73 Å². The second kappa shape index (κ2) is 6.55. The summed E-state index contributed by atoms with van der Waals surface area (Å²) in [4.78, 5) is 11.0. The predicted octanol–water partition coefficient (Wildman–Crippen LogP) is 0.948. The first kappa shape index (κ1) is 15.9. The van der Waals surface area contributed by atoms with Gasteiger partial charge in [-0.15, -0.1) is 0 Å². The lowest BCUT2D eigenvalue weighted by Crippen LogP contribution is -2.44. The van der Waals surface area contributed by atoms with Crippen LogP contribution in [0.2, 0.25) is 0 Å². The summed E-state index contributed by atoms with van der Waals surface area (Å²) in [5, 5.41) is 0. The fourth-order valence-corrected chi connectivity index (χ4v) is 3.83. The van der Waals surface area contributed by atoms with Gasteiger partial charge in [-0.05, 0) is 30.5 Å². The molecule has 2 N–H and O–H groups in total. The van der Waals surface area contributed by atoms with Crippen molar-refractivity contribution in [3.8, 4) is 0 Å². The maximum Gasteiger partial charge on any atom is 0.282 e. The maximum atomic E-state index is 12.4. The molecule has 0 aromatic heterocycles. The Kier molecular flexibility index (Phi) is 4.97. The van der Waals surface area contributed by atoms with Gasteiger partial charge in [-0.3, -0.25) is 4.79 Å². The molecular weight excluding hydrogens is 290 g/mol. The molecule has 1 aromatic carbocycles. The predicted molar refractivity (Wildman–Crippen MR) is 80.8 cm³/mol. The van der Waals surface area contributed by atoms with E-state index in [0.29, 0.717) is 18.7 Å². The lowest BCUT2D eigenvalue weighted by Gasteiger charge is -2.30. The van der Waals surface area contributed by atoms with Gasteiger partial charge in [0, 0.05) is 32.2 Å². The number of hydrogen-bond acceptors (Lipinski definition) is 3. The number of nitrogens with zero attached hydrogens (tertiary/aromatic N) is 2. The van der Waals surface area contributed by atoms with Crippen LogP contribution in [0.25, 0.3) is 0 Å². The monoisotopic (exact) mass is 311 g/mol. The van der Waals surface area contributed by atoms with Crippen LogP contribution in [0, 0.1) is 0 Å². The largest absolute Gasteiger partial charge is 0.366 e. The van der Waals surface area contributed by atoms with Crippen LogP contribution in [0.15, 0.2) is 24.3 Å². The van der Waals surface area contributed by atoms with E-state index in [1.165, 1.54) is 8.61 Å². The van der Waals surface area contributed by atoms with Crippen LogP contribution in [0.4, 0.5) is 0 Å². The van der Waals surface area contributed by atoms with Crippen LogP contribution in [0.1, 0.15) is 35.2 Å². The second-order valence-electron chi connectivity index (χ2n) is 5.28. The van der Waals surface area contributed by atoms with Crippen molar-refractivity contribution in [1.29, 1.82) is 0 Å². The molecule has 0 spiro atoms. The lowest BCUT2D eigenvalue weighted by molar-refractivity contribution is 0.1000. The van der Waals surface area contributed by atoms with Crippen LogP contribution in [-0.4, -0.2) is 43.1 Å². The van der Waals surface area contributed by atoms with Crippen molar-refractivity contribution in [2.24, 2.45) is 5.73 Å². The normalized spacial score (nSPS) is 17.0. The second-order valence-corrected chi connectivity index (χ2v) is 7.32. The highest BCUT2D eigenvalue weighted by Gasteiger charge is 2.27. The van der Waals surface area contributed by atoms with Gasteiger partial charge in [0.05, 0.1) is 0 Å². The first-order valence-electron chi connectivity index (χ1n) is 7.01. The summed E-state index contributed by atoms with van der Waals surface area (Å²) in [5.74, 6) is -0.490. The van der Waals surface area contributed by atoms with Crippen LogP contribution in [0.5, 0.6) is 0 Å². The van der Waals surface area contributed by atoms with Gasteiger partial charge in [0.15, 0.2) is 0 Å². The Labute approximate surface area is 125 Å². The molecule has 0 saturated carbocycles. The first-order valence-corrected chi connectivity index (χ1v) is 8.41. The van der Waals surface area contributed by atoms with E-state index >= 15 is 0 Å². The van der Waals surface area contributed by atoms with Crippen molar-refractivity contribution < 1.29 is 13.2 Å². The van der Waals surface area contributed by atoms with E-state index in [9.17, 15) is 13.2 Å². The van der Waals surface area contributed by atoms with Gasteiger partial charge < -0.3 is 5.73 Å². The smallest absolute Gasteiger partial charge is 0.282 e. The summed E-state index contributed by atoms with van der Waals surface area (Å²) in [7, 11) is -1.84. The Morgan fingerprint density at radius 1 is 1.19 bits per heavy atom. The van der Waals surface area contributed by atoms with Crippen LogP contribution in [-0.2, 0) is 16.8 Å². The Balaban J connectivity index is 2.05. The van der Waals surface area contributed by atoms with E-state index in [2.05, 4.69) is 0 Å². The molecule has 1 aliphatic heterocycles. The number of piperidine rings is 1. The summed E-state index contributed by atoms with van der Waals surface area (Å²) in [6.45, 7) is 1.46. The summed E-state index contributed by atoms with van der Waals surface area (Å²) >= 11 is 0. The molecule has 21 heavy (non-hydrogen) atoms. The van der Waals surface area contributed by atoms with Gasteiger partial charge in [0.1, 0.15) is 0 Å². The molecule has 1 aliphatic rings. The van der Waals surface area contributed by atoms with Gasteiger partial charge in [-0.1, -0.05) is 18.6 Å². The Morgan fingerprint density at radius 3 is 2.29 bits per heavy atom. The molecule has 0 atom stereocenters. The number of primary amides is 1. The van der Waals surface area contributed by atoms with Crippen LogP contribution >= 0.6 is 0 Å². The Bertz CT molecular complexity index is 592. The molecule has 1 heterocycles. The molecule has 1 aromatic rings. The molecule has 0 radical (unpaired) electrons. The Morgan fingerprint density at radius 2 is 1.76 bits per heavy atom. The average molecular weight is 311 g/mol. The standard InChI is InChI=1S/C14H21N3O3S/c1-16(21(19,20)17-9-3-2-4-10-17)11-12-5-7-13(8-6-12)14(15)18/h5-8H,2-4,9-11H2,1H3,(H2,15,18). The van der Waals surface area contributed by atoms with Crippen molar-refractivity contribution in [3.05, 3.63) is 35.4 Å². The third-order valence-corrected chi connectivity index (χ3v) is 5.61. The SMILES string of the molecule is CN(Cc1ccc(C(N)=O)cc1)S(=O)(=O)N1CCCCC1. The minimum absolute atomic E-state index is 0.276. The van der Waals surface area contributed by atoms with Crippen molar-refractivity contribution in [2.45, 2.75) is 25.8 Å². The minimum Gasteiger partial charge on any atom is -0.366 e. The average Bonchev–Trinajstić information content (AvgIpc) is 2.48. The zero-order valence-electron chi connectivity index (χ0n) is 12.2. The summed E-state index contributed by atoms with van der Waals surface area (Å²) in [5.41, 5.74) is 6.42. The molecule has 2 rings (SSSR count). The zero-order valence-corrected chi connectivity index (χ0v) is 13.0. The zero-order chi connectivity index (χ0) is 15.5. The van der Waals surface area contributed by atoms with E-state index in [1.54, 1.807) is 31.3 Å². The van der Waals surface area contributed by atoms with Crippen LogP contribution in [0.3, 0.4) is 0 Å². The van der Waals surface area contributed by atoms with E-state index in [4.69, 9.17) is 5.73 Å². The molecule has 1 fully saturated rings. The Hall–Kier alpha value is -1.44. The topological polar surface area (TPSA) is 83.7 Å².